The van der Waals surface area contributed by atoms with Gasteiger partial charge in [0.05, 0.1) is 17.4 Å². The van der Waals surface area contributed by atoms with E-state index in [2.05, 4.69) is 10.6 Å². The van der Waals surface area contributed by atoms with E-state index in [1.807, 2.05) is 38.1 Å². The standard InChI is InChI=1S/C17H24N4O2/c1-11(2)14(18)15(22)21-9-7-17(8-10-21)16(23)19-12-5-3-4-6-13(12)20-17/h3-6,11,14,20H,7-10,18H2,1-2H3,(H,19,23)/t14-/m1/s1. The van der Waals surface area contributed by atoms with Crippen molar-refractivity contribution in [2.75, 3.05) is 23.7 Å². The second kappa shape index (κ2) is 5.85. The summed E-state index contributed by atoms with van der Waals surface area (Å²) in [5.41, 5.74) is 7.08. The normalized spacial score (nSPS) is 20.7. The summed E-state index contributed by atoms with van der Waals surface area (Å²) in [6, 6.07) is 7.21. The van der Waals surface area contributed by atoms with Gasteiger partial charge in [-0.25, -0.2) is 0 Å². The van der Waals surface area contributed by atoms with Gasteiger partial charge in [0, 0.05) is 13.1 Å². The molecular formula is C17H24N4O2. The van der Waals surface area contributed by atoms with Crippen molar-refractivity contribution in [3.05, 3.63) is 24.3 Å². The second-order valence-electron chi connectivity index (χ2n) is 6.80. The molecule has 0 saturated carbocycles. The number of nitrogens with one attached hydrogen (secondary N) is 2. The van der Waals surface area contributed by atoms with Crippen LogP contribution in [0.3, 0.4) is 0 Å². The third kappa shape index (κ3) is 2.79. The molecular weight excluding hydrogens is 292 g/mol. The van der Waals surface area contributed by atoms with E-state index in [9.17, 15) is 9.59 Å². The van der Waals surface area contributed by atoms with Crippen molar-refractivity contribution >= 4 is 23.2 Å². The van der Waals surface area contributed by atoms with Crippen LogP contribution in [-0.4, -0.2) is 41.4 Å². The number of rotatable bonds is 2. The molecule has 0 aromatic heterocycles. The first-order valence-corrected chi connectivity index (χ1v) is 8.16. The SMILES string of the molecule is CC(C)[C@@H](N)C(=O)N1CCC2(CC1)Nc1ccccc1NC2=O. The van der Waals surface area contributed by atoms with Gasteiger partial charge in [-0.1, -0.05) is 26.0 Å². The number of carbonyl (C=O) groups excluding carboxylic acids is 2. The molecule has 1 fully saturated rings. The maximum absolute atomic E-state index is 12.6. The first-order chi connectivity index (χ1) is 10.9. The maximum Gasteiger partial charge on any atom is 0.250 e. The number of para-hydroxylation sites is 2. The number of carbonyl (C=O) groups is 2. The summed E-state index contributed by atoms with van der Waals surface area (Å²) in [7, 11) is 0. The zero-order chi connectivity index (χ0) is 16.6. The molecule has 23 heavy (non-hydrogen) atoms. The summed E-state index contributed by atoms with van der Waals surface area (Å²) >= 11 is 0. The van der Waals surface area contributed by atoms with Crippen molar-refractivity contribution in [2.24, 2.45) is 11.7 Å². The number of fused-ring (bicyclic) bond motifs is 1. The predicted molar refractivity (Wildman–Crippen MR) is 90.1 cm³/mol. The first kappa shape index (κ1) is 15.8. The number of likely N-dealkylation sites (tertiary alicyclic amines) is 1. The Kier molecular flexibility index (Phi) is 4.02. The van der Waals surface area contributed by atoms with Crippen LogP contribution in [0.15, 0.2) is 24.3 Å². The van der Waals surface area contributed by atoms with Gasteiger partial charge in [0.1, 0.15) is 5.54 Å². The minimum absolute atomic E-state index is 0.0172. The molecule has 2 aliphatic rings. The number of benzene rings is 1. The monoisotopic (exact) mass is 316 g/mol. The number of amides is 2. The van der Waals surface area contributed by atoms with Crippen molar-refractivity contribution in [2.45, 2.75) is 38.3 Å². The van der Waals surface area contributed by atoms with Crippen molar-refractivity contribution in [3.63, 3.8) is 0 Å². The highest BCUT2D eigenvalue weighted by Gasteiger charge is 2.45. The zero-order valence-corrected chi connectivity index (χ0v) is 13.6. The van der Waals surface area contributed by atoms with Crippen LogP contribution in [-0.2, 0) is 9.59 Å². The molecule has 2 aliphatic heterocycles. The Labute approximate surface area is 136 Å². The van der Waals surface area contributed by atoms with Crippen molar-refractivity contribution in [1.82, 2.24) is 4.90 Å². The number of anilines is 2. The maximum atomic E-state index is 12.6. The average Bonchev–Trinajstić information content (AvgIpc) is 2.55. The molecule has 6 heteroatoms. The van der Waals surface area contributed by atoms with Crippen LogP contribution in [0.4, 0.5) is 11.4 Å². The smallest absolute Gasteiger partial charge is 0.250 e. The number of hydrogen-bond acceptors (Lipinski definition) is 4. The summed E-state index contributed by atoms with van der Waals surface area (Å²) in [6.45, 7) is 4.98. The molecule has 1 aromatic carbocycles. The Morgan fingerprint density at radius 2 is 1.83 bits per heavy atom. The zero-order valence-electron chi connectivity index (χ0n) is 13.6. The summed E-state index contributed by atoms with van der Waals surface area (Å²) in [6.07, 6.45) is 1.17. The van der Waals surface area contributed by atoms with Crippen LogP contribution in [0.25, 0.3) is 0 Å². The lowest BCUT2D eigenvalue weighted by atomic mass is 9.84. The lowest BCUT2D eigenvalue weighted by Gasteiger charge is -2.44. The highest BCUT2D eigenvalue weighted by Crippen LogP contribution is 2.36. The molecule has 1 aromatic rings. The van der Waals surface area contributed by atoms with Gasteiger partial charge in [-0.05, 0) is 30.9 Å². The van der Waals surface area contributed by atoms with Gasteiger partial charge < -0.3 is 21.3 Å². The summed E-state index contributed by atoms with van der Waals surface area (Å²) in [5.74, 6) is 0.0734. The summed E-state index contributed by atoms with van der Waals surface area (Å²) < 4.78 is 0. The Bertz CT molecular complexity index is 621. The topological polar surface area (TPSA) is 87.5 Å². The molecule has 1 saturated heterocycles. The number of nitrogens with zero attached hydrogens (tertiary/aromatic N) is 1. The van der Waals surface area contributed by atoms with Crippen LogP contribution in [0.2, 0.25) is 0 Å². The fraction of sp³-hybridized carbons (Fsp3) is 0.529. The van der Waals surface area contributed by atoms with E-state index in [-0.39, 0.29) is 17.7 Å². The Hall–Kier alpha value is -2.08. The predicted octanol–water partition coefficient (Wildman–Crippen LogP) is 1.40. The quantitative estimate of drug-likeness (QED) is 0.769. The third-order valence-electron chi connectivity index (χ3n) is 4.92. The second-order valence-corrected chi connectivity index (χ2v) is 6.80. The van der Waals surface area contributed by atoms with Gasteiger partial charge in [0.25, 0.3) is 0 Å². The molecule has 4 N–H and O–H groups in total. The number of piperidine rings is 1. The number of hydrogen-bond donors (Lipinski definition) is 3. The lowest BCUT2D eigenvalue weighted by molar-refractivity contribution is -0.136. The molecule has 2 amide bonds. The van der Waals surface area contributed by atoms with Gasteiger partial charge in [-0.15, -0.1) is 0 Å². The van der Waals surface area contributed by atoms with E-state index in [1.165, 1.54) is 0 Å². The van der Waals surface area contributed by atoms with E-state index in [0.29, 0.717) is 25.9 Å². The summed E-state index contributed by atoms with van der Waals surface area (Å²) in [5, 5.41) is 6.37. The van der Waals surface area contributed by atoms with E-state index in [4.69, 9.17) is 5.73 Å². The Morgan fingerprint density at radius 3 is 2.43 bits per heavy atom. The van der Waals surface area contributed by atoms with Crippen LogP contribution in [0, 0.1) is 5.92 Å². The van der Waals surface area contributed by atoms with E-state index in [0.717, 1.165) is 11.4 Å². The molecule has 3 rings (SSSR count). The first-order valence-electron chi connectivity index (χ1n) is 8.16. The van der Waals surface area contributed by atoms with Crippen LogP contribution in [0.1, 0.15) is 26.7 Å². The van der Waals surface area contributed by atoms with Crippen molar-refractivity contribution in [3.8, 4) is 0 Å². The largest absolute Gasteiger partial charge is 0.369 e. The van der Waals surface area contributed by atoms with E-state index >= 15 is 0 Å². The Balaban J connectivity index is 1.71. The molecule has 1 atom stereocenters. The molecule has 0 bridgehead atoms. The van der Waals surface area contributed by atoms with Gasteiger partial charge in [-0.3, -0.25) is 9.59 Å². The van der Waals surface area contributed by atoms with Gasteiger partial charge >= 0.3 is 0 Å². The number of nitrogens with two attached hydrogens (primary N) is 1. The van der Waals surface area contributed by atoms with E-state index < -0.39 is 11.6 Å². The van der Waals surface area contributed by atoms with Gasteiger partial charge in [0.15, 0.2) is 0 Å². The molecule has 0 unspecified atom stereocenters. The molecule has 0 radical (unpaired) electrons. The lowest BCUT2D eigenvalue weighted by Crippen LogP contribution is -2.60. The average molecular weight is 316 g/mol. The Morgan fingerprint density at radius 1 is 1.22 bits per heavy atom. The summed E-state index contributed by atoms with van der Waals surface area (Å²) in [4.78, 5) is 26.7. The fourth-order valence-electron chi connectivity index (χ4n) is 3.21. The van der Waals surface area contributed by atoms with Gasteiger partial charge in [-0.2, -0.15) is 0 Å². The van der Waals surface area contributed by atoms with Crippen molar-refractivity contribution < 1.29 is 9.59 Å². The molecule has 1 spiro atoms. The van der Waals surface area contributed by atoms with Gasteiger partial charge in [0.2, 0.25) is 11.8 Å². The van der Waals surface area contributed by atoms with Crippen LogP contribution < -0.4 is 16.4 Å². The van der Waals surface area contributed by atoms with Crippen LogP contribution >= 0.6 is 0 Å². The molecule has 0 aliphatic carbocycles. The minimum Gasteiger partial charge on any atom is -0.369 e. The minimum atomic E-state index is -0.632. The highest BCUT2D eigenvalue weighted by molar-refractivity contribution is 6.06. The molecule has 124 valence electrons. The third-order valence-corrected chi connectivity index (χ3v) is 4.92. The fourth-order valence-corrected chi connectivity index (χ4v) is 3.21. The highest BCUT2D eigenvalue weighted by atomic mass is 16.2. The van der Waals surface area contributed by atoms with Crippen molar-refractivity contribution in [1.29, 1.82) is 0 Å². The van der Waals surface area contributed by atoms with E-state index in [1.54, 1.807) is 4.90 Å². The molecule has 6 nitrogen and oxygen atoms in total. The molecule has 2 heterocycles. The van der Waals surface area contributed by atoms with Crippen LogP contribution in [0.5, 0.6) is 0 Å².